The first-order valence-corrected chi connectivity index (χ1v) is 5.81. The fourth-order valence-electron chi connectivity index (χ4n) is 2.08. The van der Waals surface area contributed by atoms with E-state index in [-0.39, 0.29) is 25.2 Å². The zero-order chi connectivity index (χ0) is 12.0. The van der Waals surface area contributed by atoms with Crippen molar-refractivity contribution >= 4 is 5.97 Å². The summed E-state index contributed by atoms with van der Waals surface area (Å²) in [6, 6.07) is 0.0938. The number of aliphatic carboxylic acids is 1. The van der Waals surface area contributed by atoms with Gasteiger partial charge in [0.15, 0.2) is 0 Å². The van der Waals surface area contributed by atoms with Crippen molar-refractivity contribution in [3.8, 4) is 0 Å². The number of aliphatic hydroxyl groups excluding tert-OH is 1. The molecule has 0 bridgehead atoms. The molecule has 1 heterocycles. The third-order valence-corrected chi connectivity index (χ3v) is 3.01. The predicted octanol–water partition coefficient (Wildman–Crippen LogP) is 0.323. The monoisotopic (exact) mass is 231 g/mol. The molecule has 0 aliphatic carbocycles. The van der Waals surface area contributed by atoms with Crippen LogP contribution >= 0.6 is 0 Å². The van der Waals surface area contributed by atoms with E-state index in [1.165, 1.54) is 0 Å². The molecule has 0 saturated carbocycles. The highest BCUT2D eigenvalue weighted by molar-refractivity contribution is 5.67. The zero-order valence-electron chi connectivity index (χ0n) is 9.76. The Kier molecular flexibility index (Phi) is 5.73. The molecular formula is C11H21NO4. The maximum Gasteiger partial charge on any atom is 0.304 e. The lowest BCUT2D eigenvalue weighted by molar-refractivity contribution is -0.138. The first-order chi connectivity index (χ1) is 7.63. The van der Waals surface area contributed by atoms with Crippen LogP contribution in [-0.2, 0) is 9.53 Å². The van der Waals surface area contributed by atoms with Gasteiger partial charge in [0.05, 0.1) is 25.7 Å². The second kappa shape index (κ2) is 6.83. The van der Waals surface area contributed by atoms with E-state index < -0.39 is 5.97 Å². The number of hydrogen-bond acceptors (Lipinski definition) is 4. The molecule has 1 aliphatic heterocycles. The number of carboxylic acid groups (broad SMARTS) is 1. The minimum absolute atomic E-state index is 0.0651. The summed E-state index contributed by atoms with van der Waals surface area (Å²) in [5.74, 6) is -0.744. The summed E-state index contributed by atoms with van der Waals surface area (Å²) in [5, 5.41) is 17.3. The molecule has 0 spiro atoms. The predicted molar refractivity (Wildman–Crippen MR) is 59.3 cm³/mol. The van der Waals surface area contributed by atoms with Gasteiger partial charge in [-0.05, 0) is 19.8 Å². The van der Waals surface area contributed by atoms with E-state index in [0.29, 0.717) is 6.61 Å². The van der Waals surface area contributed by atoms with Crippen molar-refractivity contribution in [2.45, 2.75) is 38.3 Å². The maximum absolute atomic E-state index is 10.6. The summed E-state index contributed by atoms with van der Waals surface area (Å²) in [4.78, 5) is 12.8. The van der Waals surface area contributed by atoms with Gasteiger partial charge in [0, 0.05) is 19.1 Å². The molecule has 1 unspecified atom stereocenters. The smallest absolute Gasteiger partial charge is 0.304 e. The lowest BCUT2D eigenvalue weighted by Crippen LogP contribution is -2.43. The number of piperidine rings is 1. The molecule has 5 nitrogen and oxygen atoms in total. The van der Waals surface area contributed by atoms with Gasteiger partial charge >= 0.3 is 5.97 Å². The summed E-state index contributed by atoms with van der Waals surface area (Å²) in [6.45, 7) is 4.17. The normalized spacial score (nSPS) is 20.9. The van der Waals surface area contributed by atoms with Crippen LogP contribution in [0.4, 0.5) is 0 Å². The van der Waals surface area contributed by atoms with E-state index in [4.69, 9.17) is 14.9 Å². The van der Waals surface area contributed by atoms with Crippen LogP contribution in [-0.4, -0.2) is 59.5 Å². The molecule has 0 aromatic rings. The van der Waals surface area contributed by atoms with Crippen LogP contribution in [0.25, 0.3) is 0 Å². The standard InChI is InChI=1S/C11H21NO4/c1-9(8-11(14)15)12-4-2-10(3-5-12)16-7-6-13/h9-10,13H,2-8H2,1H3,(H,14,15). The second-order valence-corrected chi connectivity index (χ2v) is 4.28. The largest absolute Gasteiger partial charge is 0.481 e. The number of carboxylic acids is 1. The van der Waals surface area contributed by atoms with E-state index in [1.807, 2.05) is 6.92 Å². The van der Waals surface area contributed by atoms with Gasteiger partial charge in [0.2, 0.25) is 0 Å². The molecule has 0 amide bonds. The summed E-state index contributed by atoms with van der Waals surface area (Å²) < 4.78 is 5.45. The molecule has 94 valence electrons. The topological polar surface area (TPSA) is 70.0 Å². The van der Waals surface area contributed by atoms with Crippen LogP contribution in [0.3, 0.4) is 0 Å². The zero-order valence-corrected chi connectivity index (χ0v) is 9.76. The van der Waals surface area contributed by atoms with Gasteiger partial charge in [-0.1, -0.05) is 0 Å². The number of nitrogens with zero attached hydrogens (tertiary/aromatic N) is 1. The molecule has 1 aliphatic rings. The van der Waals surface area contributed by atoms with Crippen LogP contribution in [0, 0.1) is 0 Å². The van der Waals surface area contributed by atoms with Gasteiger partial charge in [-0.15, -0.1) is 0 Å². The van der Waals surface area contributed by atoms with E-state index in [1.54, 1.807) is 0 Å². The number of likely N-dealkylation sites (tertiary alicyclic amines) is 1. The van der Waals surface area contributed by atoms with Gasteiger partial charge < -0.3 is 14.9 Å². The molecule has 1 atom stereocenters. The maximum atomic E-state index is 10.6. The molecule has 1 fully saturated rings. The fourth-order valence-corrected chi connectivity index (χ4v) is 2.08. The highest BCUT2D eigenvalue weighted by atomic mass is 16.5. The average molecular weight is 231 g/mol. The Morgan fingerprint density at radius 3 is 2.62 bits per heavy atom. The summed E-state index contributed by atoms with van der Waals surface area (Å²) in [7, 11) is 0. The molecule has 2 N–H and O–H groups in total. The van der Waals surface area contributed by atoms with Crippen LogP contribution in [0.2, 0.25) is 0 Å². The molecule has 5 heteroatoms. The molecule has 16 heavy (non-hydrogen) atoms. The highest BCUT2D eigenvalue weighted by Crippen LogP contribution is 2.17. The minimum Gasteiger partial charge on any atom is -0.481 e. The second-order valence-electron chi connectivity index (χ2n) is 4.28. The fraction of sp³-hybridized carbons (Fsp3) is 0.909. The minimum atomic E-state index is -0.744. The first-order valence-electron chi connectivity index (χ1n) is 5.81. The Labute approximate surface area is 96.0 Å². The van der Waals surface area contributed by atoms with E-state index in [9.17, 15) is 4.79 Å². The Morgan fingerprint density at radius 1 is 1.50 bits per heavy atom. The lowest BCUT2D eigenvalue weighted by atomic mass is 10.0. The van der Waals surface area contributed by atoms with Crippen molar-refractivity contribution in [2.75, 3.05) is 26.3 Å². The van der Waals surface area contributed by atoms with Crippen molar-refractivity contribution in [1.82, 2.24) is 4.90 Å². The van der Waals surface area contributed by atoms with Crippen molar-refractivity contribution in [3.05, 3.63) is 0 Å². The van der Waals surface area contributed by atoms with Crippen LogP contribution < -0.4 is 0 Å². The third-order valence-electron chi connectivity index (χ3n) is 3.01. The average Bonchev–Trinajstić information content (AvgIpc) is 2.26. The van der Waals surface area contributed by atoms with Gasteiger partial charge in [-0.2, -0.15) is 0 Å². The van der Waals surface area contributed by atoms with Crippen molar-refractivity contribution in [1.29, 1.82) is 0 Å². The third kappa shape index (κ3) is 4.47. The molecule has 0 aromatic heterocycles. The van der Waals surface area contributed by atoms with Gasteiger partial charge in [0.1, 0.15) is 0 Å². The number of aliphatic hydroxyl groups is 1. The SMILES string of the molecule is CC(CC(=O)O)N1CCC(OCCO)CC1. The Balaban J connectivity index is 2.23. The molecule has 0 aromatic carbocycles. The quantitative estimate of drug-likeness (QED) is 0.689. The number of carbonyl (C=O) groups is 1. The number of hydrogen-bond donors (Lipinski definition) is 2. The van der Waals surface area contributed by atoms with Crippen LogP contribution in [0.1, 0.15) is 26.2 Å². The van der Waals surface area contributed by atoms with Crippen molar-refractivity contribution in [2.24, 2.45) is 0 Å². The van der Waals surface area contributed by atoms with Crippen molar-refractivity contribution in [3.63, 3.8) is 0 Å². The summed E-state index contributed by atoms with van der Waals surface area (Å²) in [5.41, 5.74) is 0. The van der Waals surface area contributed by atoms with E-state index in [2.05, 4.69) is 4.90 Å². The lowest BCUT2D eigenvalue weighted by Gasteiger charge is -2.35. The highest BCUT2D eigenvalue weighted by Gasteiger charge is 2.24. The molecule has 1 rings (SSSR count). The van der Waals surface area contributed by atoms with Crippen LogP contribution in [0.5, 0.6) is 0 Å². The molecular weight excluding hydrogens is 210 g/mol. The van der Waals surface area contributed by atoms with Gasteiger partial charge in [-0.3, -0.25) is 9.69 Å². The number of rotatable bonds is 6. The van der Waals surface area contributed by atoms with Crippen LogP contribution in [0.15, 0.2) is 0 Å². The van der Waals surface area contributed by atoms with Gasteiger partial charge in [-0.25, -0.2) is 0 Å². The Morgan fingerprint density at radius 2 is 2.12 bits per heavy atom. The van der Waals surface area contributed by atoms with Crippen molar-refractivity contribution < 1.29 is 19.7 Å². The number of ether oxygens (including phenoxy) is 1. The first kappa shape index (κ1) is 13.4. The summed E-state index contributed by atoms with van der Waals surface area (Å²) >= 11 is 0. The Bertz CT molecular complexity index is 214. The molecule has 0 radical (unpaired) electrons. The molecule has 1 saturated heterocycles. The van der Waals surface area contributed by atoms with E-state index >= 15 is 0 Å². The van der Waals surface area contributed by atoms with E-state index in [0.717, 1.165) is 25.9 Å². The Hall–Kier alpha value is -0.650. The summed E-state index contributed by atoms with van der Waals surface area (Å²) in [6.07, 6.45) is 2.26. The van der Waals surface area contributed by atoms with Gasteiger partial charge in [0.25, 0.3) is 0 Å².